The lowest BCUT2D eigenvalue weighted by atomic mass is 9.97. The smallest absolute Gasteiger partial charge is 0.243 e. The lowest BCUT2D eigenvalue weighted by Crippen LogP contribution is -2.35. The lowest BCUT2D eigenvalue weighted by molar-refractivity contribution is 0.310. The van der Waals surface area contributed by atoms with Gasteiger partial charge in [0.15, 0.2) is 0 Å². The fourth-order valence-corrected chi connectivity index (χ4v) is 3.74. The van der Waals surface area contributed by atoms with Gasteiger partial charge in [-0.25, -0.2) is 12.7 Å². The van der Waals surface area contributed by atoms with Crippen LogP contribution in [0, 0.1) is 12.3 Å². The maximum Gasteiger partial charge on any atom is 0.243 e. The van der Waals surface area contributed by atoms with Gasteiger partial charge in [0.2, 0.25) is 10.0 Å². The van der Waals surface area contributed by atoms with Crippen LogP contribution in [0.4, 0.5) is 0 Å². The van der Waals surface area contributed by atoms with Gasteiger partial charge in [-0.1, -0.05) is 32.9 Å². The van der Waals surface area contributed by atoms with Crippen LogP contribution in [0.2, 0.25) is 0 Å². The van der Waals surface area contributed by atoms with E-state index in [1.54, 1.807) is 26.1 Å². The Morgan fingerprint density at radius 1 is 1.26 bits per heavy atom. The Labute approximate surface area is 116 Å². The summed E-state index contributed by atoms with van der Waals surface area (Å²) in [5, 5.41) is 0. The van der Waals surface area contributed by atoms with Gasteiger partial charge in [0, 0.05) is 20.1 Å². The Morgan fingerprint density at radius 3 is 2.32 bits per heavy atom. The van der Waals surface area contributed by atoms with Crippen molar-refractivity contribution in [3.63, 3.8) is 0 Å². The van der Waals surface area contributed by atoms with Gasteiger partial charge in [0.1, 0.15) is 0 Å². The first-order chi connectivity index (χ1) is 8.59. The molecule has 108 valence electrons. The molecule has 1 aromatic rings. The molecule has 0 fully saturated rings. The van der Waals surface area contributed by atoms with Crippen LogP contribution in [0.5, 0.6) is 0 Å². The Hall–Kier alpha value is -0.910. The maximum atomic E-state index is 12.6. The van der Waals surface area contributed by atoms with Crippen molar-refractivity contribution in [3.05, 3.63) is 29.3 Å². The molecule has 0 unspecified atom stereocenters. The third kappa shape index (κ3) is 3.78. The molecule has 0 amide bonds. The third-order valence-corrected chi connectivity index (χ3v) is 4.95. The summed E-state index contributed by atoms with van der Waals surface area (Å²) in [5.74, 6) is 0. The van der Waals surface area contributed by atoms with Crippen molar-refractivity contribution < 1.29 is 8.42 Å². The molecule has 0 bridgehead atoms. The summed E-state index contributed by atoms with van der Waals surface area (Å²) in [6.45, 7) is 8.67. The number of sulfonamides is 1. The predicted molar refractivity (Wildman–Crippen MR) is 78.3 cm³/mol. The molecule has 0 spiro atoms. The third-order valence-electron chi connectivity index (χ3n) is 3.00. The summed E-state index contributed by atoms with van der Waals surface area (Å²) in [5.41, 5.74) is 7.16. The molecule has 2 N–H and O–H groups in total. The van der Waals surface area contributed by atoms with Crippen molar-refractivity contribution in [3.8, 4) is 0 Å². The molecule has 0 atom stereocenters. The van der Waals surface area contributed by atoms with Gasteiger partial charge >= 0.3 is 0 Å². The van der Waals surface area contributed by atoms with Gasteiger partial charge in [-0.2, -0.15) is 0 Å². The Bertz CT molecular complexity index is 545. The predicted octanol–water partition coefficient (Wildman–Crippen LogP) is 2.12. The highest BCUT2D eigenvalue weighted by Gasteiger charge is 2.26. The van der Waals surface area contributed by atoms with E-state index in [9.17, 15) is 8.42 Å². The number of hydrogen-bond donors (Lipinski definition) is 1. The van der Waals surface area contributed by atoms with Gasteiger partial charge in [-0.15, -0.1) is 0 Å². The maximum absolute atomic E-state index is 12.6. The molecule has 0 radical (unpaired) electrons. The van der Waals surface area contributed by atoms with Crippen molar-refractivity contribution in [2.24, 2.45) is 11.1 Å². The molecule has 0 aliphatic rings. The van der Waals surface area contributed by atoms with Gasteiger partial charge in [0.25, 0.3) is 0 Å². The topological polar surface area (TPSA) is 63.4 Å². The number of nitrogens with zero attached hydrogens (tertiary/aromatic N) is 1. The number of benzene rings is 1. The van der Waals surface area contributed by atoms with E-state index in [0.717, 1.165) is 11.1 Å². The molecule has 0 aliphatic heterocycles. The molecule has 0 aliphatic carbocycles. The first kappa shape index (κ1) is 16.1. The van der Waals surface area contributed by atoms with E-state index >= 15 is 0 Å². The molecule has 0 aromatic heterocycles. The second-order valence-corrected chi connectivity index (χ2v) is 8.08. The van der Waals surface area contributed by atoms with Crippen LogP contribution in [0.1, 0.15) is 31.9 Å². The Morgan fingerprint density at radius 2 is 1.84 bits per heavy atom. The second kappa shape index (κ2) is 5.61. The summed E-state index contributed by atoms with van der Waals surface area (Å²) in [6.07, 6.45) is 0. The molecule has 5 heteroatoms. The van der Waals surface area contributed by atoms with Crippen LogP contribution in [-0.4, -0.2) is 26.3 Å². The number of nitrogens with two attached hydrogens (primary N) is 1. The van der Waals surface area contributed by atoms with E-state index < -0.39 is 10.0 Å². The molecule has 1 rings (SSSR count). The minimum absolute atomic E-state index is 0.0821. The lowest BCUT2D eigenvalue weighted by Gasteiger charge is -2.26. The van der Waals surface area contributed by atoms with Crippen LogP contribution in [-0.2, 0) is 16.6 Å². The zero-order chi connectivity index (χ0) is 14.8. The zero-order valence-corrected chi connectivity index (χ0v) is 13.2. The van der Waals surface area contributed by atoms with Crippen molar-refractivity contribution in [1.29, 1.82) is 0 Å². The summed E-state index contributed by atoms with van der Waals surface area (Å²) in [6, 6.07) is 5.24. The minimum Gasteiger partial charge on any atom is -0.326 e. The molecular formula is C14H24N2O2S. The summed E-state index contributed by atoms with van der Waals surface area (Å²) >= 11 is 0. The molecule has 19 heavy (non-hydrogen) atoms. The normalized spacial score (nSPS) is 13.0. The van der Waals surface area contributed by atoms with Crippen LogP contribution < -0.4 is 5.73 Å². The Balaban J connectivity index is 3.21. The molecular weight excluding hydrogens is 260 g/mol. The fraction of sp³-hybridized carbons (Fsp3) is 0.571. The van der Waals surface area contributed by atoms with E-state index in [1.807, 2.05) is 26.8 Å². The van der Waals surface area contributed by atoms with Gasteiger partial charge in [-0.3, -0.25) is 0 Å². The molecule has 1 aromatic carbocycles. The molecule has 0 heterocycles. The van der Waals surface area contributed by atoms with E-state index in [-0.39, 0.29) is 5.41 Å². The zero-order valence-electron chi connectivity index (χ0n) is 12.4. The first-order valence-electron chi connectivity index (χ1n) is 6.34. The van der Waals surface area contributed by atoms with Gasteiger partial charge in [0.05, 0.1) is 4.90 Å². The van der Waals surface area contributed by atoms with Crippen LogP contribution in [0.3, 0.4) is 0 Å². The average molecular weight is 284 g/mol. The van der Waals surface area contributed by atoms with Crippen LogP contribution in [0.25, 0.3) is 0 Å². The highest BCUT2D eigenvalue weighted by molar-refractivity contribution is 7.89. The van der Waals surface area contributed by atoms with Crippen molar-refractivity contribution in [2.45, 2.75) is 39.1 Å². The highest BCUT2D eigenvalue weighted by Crippen LogP contribution is 2.24. The number of hydrogen-bond acceptors (Lipinski definition) is 3. The second-order valence-electron chi connectivity index (χ2n) is 6.07. The Kier molecular flexibility index (Phi) is 4.76. The minimum atomic E-state index is -3.46. The summed E-state index contributed by atoms with van der Waals surface area (Å²) in [7, 11) is -1.84. The van der Waals surface area contributed by atoms with E-state index in [1.165, 1.54) is 4.31 Å². The van der Waals surface area contributed by atoms with Crippen molar-refractivity contribution in [1.82, 2.24) is 4.31 Å². The molecule has 0 saturated heterocycles. The summed E-state index contributed by atoms with van der Waals surface area (Å²) in [4.78, 5) is 0.349. The highest BCUT2D eigenvalue weighted by atomic mass is 32.2. The number of rotatable bonds is 4. The van der Waals surface area contributed by atoms with Crippen molar-refractivity contribution >= 4 is 10.0 Å². The first-order valence-corrected chi connectivity index (χ1v) is 7.78. The van der Waals surface area contributed by atoms with E-state index in [2.05, 4.69) is 0 Å². The fourth-order valence-electron chi connectivity index (χ4n) is 2.08. The molecule has 0 saturated carbocycles. The average Bonchev–Trinajstić information content (AvgIpc) is 2.26. The van der Waals surface area contributed by atoms with E-state index in [0.29, 0.717) is 18.0 Å². The van der Waals surface area contributed by atoms with Crippen molar-refractivity contribution in [2.75, 3.05) is 13.6 Å². The SMILES string of the molecule is Cc1c(CN)cccc1S(=O)(=O)N(C)CC(C)(C)C. The van der Waals surface area contributed by atoms with Crippen LogP contribution >= 0.6 is 0 Å². The molecule has 4 nitrogen and oxygen atoms in total. The largest absolute Gasteiger partial charge is 0.326 e. The quantitative estimate of drug-likeness (QED) is 0.921. The standard InChI is InChI=1S/C14H24N2O2S/c1-11-12(9-15)7-6-8-13(11)19(17,18)16(5)10-14(2,3)4/h6-8H,9-10,15H2,1-5H3. The summed E-state index contributed by atoms with van der Waals surface area (Å²) < 4.78 is 26.6. The van der Waals surface area contributed by atoms with Crippen LogP contribution in [0.15, 0.2) is 23.1 Å². The van der Waals surface area contributed by atoms with E-state index in [4.69, 9.17) is 5.73 Å². The van der Waals surface area contributed by atoms with Gasteiger partial charge < -0.3 is 5.73 Å². The van der Waals surface area contributed by atoms with Gasteiger partial charge in [-0.05, 0) is 29.5 Å². The monoisotopic (exact) mass is 284 g/mol.